The number of methoxy groups -OCH3 is 3. The third kappa shape index (κ3) is 4.36. The summed E-state index contributed by atoms with van der Waals surface area (Å²) in [7, 11) is 3.77. The van der Waals surface area contributed by atoms with Crippen molar-refractivity contribution in [2.75, 3.05) is 21.3 Å². The molecular weight excluding hydrogens is 456 g/mol. The minimum absolute atomic E-state index is 0.0652. The third-order valence-corrected chi connectivity index (χ3v) is 5.86. The fraction of sp³-hybridized carbons (Fsp3) is 0.100. The molecule has 0 bridgehead atoms. The van der Waals surface area contributed by atoms with Crippen molar-refractivity contribution in [1.82, 2.24) is 0 Å². The number of hydrogen-bond acceptors (Lipinski definition) is 6. The number of carbonyl (C=O) groups is 3. The minimum Gasteiger partial charge on any atom is -0.465 e. The van der Waals surface area contributed by atoms with E-state index in [1.54, 1.807) is 72.8 Å². The molecule has 4 aromatic carbocycles. The van der Waals surface area contributed by atoms with Crippen molar-refractivity contribution >= 4 is 17.9 Å². The summed E-state index contributed by atoms with van der Waals surface area (Å²) >= 11 is 0. The molecular formula is C30H24O6. The van der Waals surface area contributed by atoms with Crippen molar-refractivity contribution < 1.29 is 28.6 Å². The number of hydrogen-bond donors (Lipinski definition) is 0. The lowest BCUT2D eigenvalue weighted by atomic mass is 9.79. The maximum atomic E-state index is 13.4. The van der Waals surface area contributed by atoms with Crippen LogP contribution in [0.15, 0.2) is 91.0 Å². The molecule has 0 fully saturated rings. The summed E-state index contributed by atoms with van der Waals surface area (Å²) in [6, 6.07) is 27.0. The van der Waals surface area contributed by atoms with Crippen LogP contribution in [-0.2, 0) is 14.2 Å². The van der Waals surface area contributed by atoms with Crippen LogP contribution < -0.4 is 0 Å². The van der Waals surface area contributed by atoms with Gasteiger partial charge in [-0.1, -0.05) is 91.0 Å². The Labute approximate surface area is 209 Å². The Morgan fingerprint density at radius 3 is 0.833 bits per heavy atom. The lowest BCUT2D eigenvalue weighted by Gasteiger charge is -2.24. The summed E-state index contributed by atoms with van der Waals surface area (Å²) in [6.07, 6.45) is 0. The van der Waals surface area contributed by atoms with E-state index in [2.05, 4.69) is 0 Å². The second-order valence-electron chi connectivity index (χ2n) is 7.82. The lowest BCUT2D eigenvalue weighted by molar-refractivity contribution is 0.0602. The van der Waals surface area contributed by atoms with Gasteiger partial charge >= 0.3 is 17.9 Å². The van der Waals surface area contributed by atoms with E-state index in [0.29, 0.717) is 33.4 Å². The van der Waals surface area contributed by atoms with Crippen molar-refractivity contribution in [1.29, 1.82) is 0 Å². The molecule has 0 aliphatic carbocycles. The van der Waals surface area contributed by atoms with E-state index < -0.39 is 17.9 Å². The van der Waals surface area contributed by atoms with Crippen LogP contribution in [0, 0.1) is 0 Å². The Morgan fingerprint density at radius 1 is 0.417 bits per heavy atom. The minimum atomic E-state index is -0.706. The number of ether oxygens (including phenoxy) is 3. The van der Waals surface area contributed by atoms with Crippen LogP contribution in [0.3, 0.4) is 0 Å². The molecule has 0 aliphatic rings. The van der Waals surface area contributed by atoms with Gasteiger partial charge in [0.15, 0.2) is 0 Å². The fourth-order valence-corrected chi connectivity index (χ4v) is 4.35. The van der Waals surface area contributed by atoms with E-state index in [0.717, 1.165) is 0 Å². The summed E-state index contributed by atoms with van der Waals surface area (Å²) in [4.78, 5) is 40.3. The molecule has 0 aliphatic heterocycles. The van der Waals surface area contributed by atoms with Crippen LogP contribution >= 0.6 is 0 Å². The number of carbonyl (C=O) groups excluding carboxylic acids is 3. The molecule has 4 aromatic rings. The Morgan fingerprint density at radius 2 is 0.639 bits per heavy atom. The molecule has 0 saturated heterocycles. The monoisotopic (exact) mass is 480 g/mol. The molecule has 0 heterocycles. The predicted molar refractivity (Wildman–Crippen MR) is 137 cm³/mol. The maximum Gasteiger partial charge on any atom is 0.339 e. The molecule has 0 spiro atoms. The van der Waals surface area contributed by atoms with Crippen molar-refractivity contribution in [2.24, 2.45) is 0 Å². The largest absolute Gasteiger partial charge is 0.465 e. The van der Waals surface area contributed by atoms with Crippen LogP contribution in [0.4, 0.5) is 0 Å². The zero-order valence-corrected chi connectivity index (χ0v) is 20.1. The molecule has 4 rings (SSSR count). The fourth-order valence-electron chi connectivity index (χ4n) is 4.35. The second kappa shape index (κ2) is 10.7. The normalized spacial score (nSPS) is 10.4. The molecule has 180 valence electrons. The van der Waals surface area contributed by atoms with Gasteiger partial charge in [-0.05, 0) is 16.7 Å². The first kappa shape index (κ1) is 24.4. The van der Waals surface area contributed by atoms with E-state index in [-0.39, 0.29) is 16.7 Å². The van der Waals surface area contributed by atoms with Crippen molar-refractivity contribution in [3.63, 3.8) is 0 Å². The number of benzene rings is 4. The molecule has 0 aromatic heterocycles. The molecule has 0 unspecified atom stereocenters. The van der Waals surface area contributed by atoms with Crippen molar-refractivity contribution in [3.05, 3.63) is 108 Å². The molecule has 0 N–H and O–H groups in total. The molecule has 0 atom stereocenters. The summed E-state index contributed by atoms with van der Waals surface area (Å²) < 4.78 is 15.6. The highest BCUT2D eigenvalue weighted by molar-refractivity contribution is 6.20. The first-order valence-corrected chi connectivity index (χ1v) is 11.2. The highest BCUT2D eigenvalue weighted by atomic mass is 16.5. The van der Waals surface area contributed by atoms with Gasteiger partial charge in [0.25, 0.3) is 0 Å². The van der Waals surface area contributed by atoms with Gasteiger partial charge in [0.1, 0.15) is 0 Å². The first-order valence-electron chi connectivity index (χ1n) is 11.2. The number of esters is 3. The smallest absolute Gasteiger partial charge is 0.339 e. The van der Waals surface area contributed by atoms with Crippen molar-refractivity contribution in [2.45, 2.75) is 0 Å². The third-order valence-electron chi connectivity index (χ3n) is 5.86. The highest BCUT2D eigenvalue weighted by Gasteiger charge is 2.35. The first-order chi connectivity index (χ1) is 17.5. The Kier molecular flexibility index (Phi) is 7.25. The van der Waals surface area contributed by atoms with Gasteiger partial charge in [-0.2, -0.15) is 0 Å². The van der Waals surface area contributed by atoms with E-state index in [9.17, 15) is 14.4 Å². The van der Waals surface area contributed by atoms with Gasteiger partial charge in [0, 0.05) is 16.7 Å². The average Bonchev–Trinajstić information content (AvgIpc) is 2.95. The van der Waals surface area contributed by atoms with E-state index in [4.69, 9.17) is 14.2 Å². The maximum absolute atomic E-state index is 13.4. The predicted octanol–water partition coefficient (Wildman–Crippen LogP) is 6.05. The summed E-state index contributed by atoms with van der Waals surface area (Å²) in [5, 5.41) is 0. The molecule has 0 saturated carbocycles. The number of rotatable bonds is 6. The summed E-state index contributed by atoms with van der Waals surface area (Å²) in [5.41, 5.74) is 2.87. The van der Waals surface area contributed by atoms with E-state index in [1.165, 1.54) is 21.3 Å². The SMILES string of the molecule is COC(=O)c1c(-c2ccccc2)c(C(=O)OC)c(-c2ccccc2)c(C(=O)OC)c1-c1ccccc1. The molecule has 0 amide bonds. The van der Waals surface area contributed by atoms with Gasteiger partial charge in [0.2, 0.25) is 0 Å². The van der Waals surface area contributed by atoms with Gasteiger partial charge in [0.05, 0.1) is 38.0 Å². The molecule has 0 radical (unpaired) electrons. The average molecular weight is 481 g/mol. The van der Waals surface area contributed by atoms with Crippen LogP contribution in [0.5, 0.6) is 0 Å². The van der Waals surface area contributed by atoms with Gasteiger partial charge < -0.3 is 14.2 Å². The topological polar surface area (TPSA) is 78.9 Å². The standard InChI is InChI=1S/C30H24O6/c1-34-28(31)25-22(19-13-7-4-8-14-19)26(29(32)35-2)24(21-17-11-6-12-18-21)27(30(33)36-3)23(25)20-15-9-5-10-16-20/h4-18H,1-3H3. The second-order valence-corrected chi connectivity index (χ2v) is 7.82. The Bertz CT molecular complexity index is 1210. The quantitative estimate of drug-likeness (QED) is 0.247. The Hall–Kier alpha value is -4.71. The molecule has 36 heavy (non-hydrogen) atoms. The van der Waals surface area contributed by atoms with Crippen LogP contribution in [-0.4, -0.2) is 39.2 Å². The summed E-state index contributed by atoms with van der Waals surface area (Å²) in [5.74, 6) is -2.12. The highest BCUT2D eigenvalue weighted by Crippen LogP contribution is 2.45. The van der Waals surface area contributed by atoms with Gasteiger partial charge in [-0.3, -0.25) is 0 Å². The van der Waals surface area contributed by atoms with Crippen molar-refractivity contribution in [3.8, 4) is 33.4 Å². The molecule has 6 nitrogen and oxygen atoms in total. The van der Waals surface area contributed by atoms with E-state index in [1.807, 2.05) is 18.2 Å². The zero-order valence-electron chi connectivity index (χ0n) is 20.1. The van der Waals surface area contributed by atoms with Gasteiger partial charge in [-0.25, -0.2) is 14.4 Å². The zero-order chi connectivity index (χ0) is 25.7. The lowest BCUT2D eigenvalue weighted by Crippen LogP contribution is -2.19. The van der Waals surface area contributed by atoms with Gasteiger partial charge in [-0.15, -0.1) is 0 Å². The Balaban J connectivity index is 2.38. The van der Waals surface area contributed by atoms with E-state index >= 15 is 0 Å². The van der Waals surface area contributed by atoms with Crippen LogP contribution in [0.1, 0.15) is 31.1 Å². The summed E-state index contributed by atoms with van der Waals surface area (Å²) in [6.45, 7) is 0. The van der Waals surface area contributed by atoms with Crippen LogP contribution in [0.25, 0.3) is 33.4 Å². The molecule has 6 heteroatoms. The van der Waals surface area contributed by atoms with Crippen LogP contribution in [0.2, 0.25) is 0 Å².